The van der Waals surface area contributed by atoms with Crippen LogP contribution in [0.3, 0.4) is 0 Å². The lowest BCUT2D eigenvalue weighted by atomic mass is 10.1. The van der Waals surface area contributed by atoms with Gasteiger partial charge in [-0.15, -0.1) is 0 Å². The molecule has 0 aliphatic rings. The molecule has 0 aliphatic heterocycles. The highest BCUT2D eigenvalue weighted by atomic mass is 19.4. The lowest BCUT2D eigenvalue weighted by Crippen LogP contribution is -2.04. The SMILES string of the molecule is CCc1nc(C)cn1Cc1coc(-c2ccc(C(F)(F)F)cc2)n1. The molecule has 0 atom stereocenters. The molecule has 0 fully saturated rings. The van der Waals surface area contributed by atoms with Crippen LogP contribution in [0.15, 0.2) is 41.1 Å². The third kappa shape index (κ3) is 3.34. The Morgan fingerprint density at radius 3 is 2.46 bits per heavy atom. The van der Waals surface area contributed by atoms with Crippen LogP contribution in [0.1, 0.15) is 29.7 Å². The normalized spacial score (nSPS) is 11.9. The Morgan fingerprint density at radius 2 is 1.83 bits per heavy atom. The fraction of sp³-hybridized carbons (Fsp3) is 0.294. The van der Waals surface area contributed by atoms with E-state index >= 15 is 0 Å². The van der Waals surface area contributed by atoms with Gasteiger partial charge in [-0.25, -0.2) is 9.97 Å². The maximum atomic E-state index is 12.6. The molecule has 4 nitrogen and oxygen atoms in total. The molecule has 0 radical (unpaired) electrons. The molecule has 0 N–H and O–H groups in total. The predicted molar refractivity (Wildman–Crippen MR) is 82.4 cm³/mol. The number of rotatable bonds is 4. The van der Waals surface area contributed by atoms with Gasteiger partial charge in [0.25, 0.3) is 0 Å². The van der Waals surface area contributed by atoms with Crippen molar-refractivity contribution in [3.63, 3.8) is 0 Å². The van der Waals surface area contributed by atoms with Crippen molar-refractivity contribution in [3.05, 3.63) is 59.5 Å². The molecule has 0 unspecified atom stereocenters. The van der Waals surface area contributed by atoms with Crippen molar-refractivity contribution in [1.82, 2.24) is 14.5 Å². The maximum Gasteiger partial charge on any atom is 0.416 e. The Morgan fingerprint density at radius 1 is 1.12 bits per heavy atom. The third-order valence-electron chi connectivity index (χ3n) is 3.64. The largest absolute Gasteiger partial charge is 0.444 e. The lowest BCUT2D eigenvalue weighted by molar-refractivity contribution is -0.137. The zero-order valence-corrected chi connectivity index (χ0v) is 13.3. The average molecular weight is 335 g/mol. The van der Waals surface area contributed by atoms with Gasteiger partial charge in [-0.3, -0.25) is 0 Å². The van der Waals surface area contributed by atoms with E-state index in [1.807, 2.05) is 24.6 Å². The molecule has 0 aliphatic carbocycles. The fourth-order valence-corrected chi connectivity index (χ4v) is 2.50. The second-order valence-corrected chi connectivity index (χ2v) is 5.50. The molecule has 24 heavy (non-hydrogen) atoms. The average Bonchev–Trinajstić information content (AvgIpc) is 3.13. The molecule has 0 amide bonds. The Labute approximate surface area is 137 Å². The number of oxazole rings is 1. The van der Waals surface area contributed by atoms with Crippen LogP contribution in [-0.4, -0.2) is 14.5 Å². The van der Waals surface area contributed by atoms with Gasteiger partial charge in [-0.05, 0) is 31.2 Å². The van der Waals surface area contributed by atoms with E-state index in [-0.39, 0.29) is 0 Å². The standard InChI is InChI=1S/C17H16F3N3O/c1-3-15-21-11(2)8-23(15)9-14-10-24-16(22-14)12-4-6-13(7-5-12)17(18,19)20/h4-8,10H,3,9H2,1-2H3. The van der Waals surface area contributed by atoms with E-state index in [1.165, 1.54) is 18.4 Å². The molecule has 3 aromatic rings. The fourth-order valence-electron chi connectivity index (χ4n) is 2.50. The van der Waals surface area contributed by atoms with E-state index in [2.05, 4.69) is 9.97 Å². The number of alkyl halides is 3. The Hall–Kier alpha value is -2.57. The van der Waals surface area contributed by atoms with E-state index < -0.39 is 11.7 Å². The molecular weight excluding hydrogens is 319 g/mol. The van der Waals surface area contributed by atoms with Gasteiger partial charge >= 0.3 is 6.18 Å². The summed E-state index contributed by atoms with van der Waals surface area (Å²) in [4.78, 5) is 8.78. The molecule has 0 saturated heterocycles. The van der Waals surface area contributed by atoms with E-state index in [1.54, 1.807) is 0 Å². The highest BCUT2D eigenvalue weighted by Crippen LogP contribution is 2.30. The van der Waals surface area contributed by atoms with Crippen molar-refractivity contribution >= 4 is 0 Å². The third-order valence-corrected chi connectivity index (χ3v) is 3.64. The van der Waals surface area contributed by atoms with Gasteiger partial charge in [0.2, 0.25) is 5.89 Å². The van der Waals surface area contributed by atoms with Gasteiger partial charge in [0, 0.05) is 18.2 Å². The molecule has 0 saturated carbocycles. The van der Waals surface area contributed by atoms with Gasteiger partial charge in [-0.1, -0.05) is 6.92 Å². The molecule has 2 aromatic heterocycles. The summed E-state index contributed by atoms with van der Waals surface area (Å²) in [5, 5.41) is 0. The quantitative estimate of drug-likeness (QED) is 0.706. The molecular formula is C17H16F3N3O. The number of aryl methyl sites for hydroxylation is 2. The Balaban J connectivity index is 1.80. The number of imidazole rings is 1. The molecule has 126 valence electrons. The van der Waals surface area contributed by atoms with Crippen molar-refractivity contribution in [1.29, 1.82) is 0 Å². The second-order valence-electron chi connectivity index (χ2n) is 5.50. The maximum absolute atomic E-state index is 12.6. The van der Waals surface area contributed by atoms with E-state index in [9.17, 15) is 13.2 Å². The summed E-state index contributed by atoms with van der Waals surface area (Å²) >= 11 is 0. The van der Waals surface area contributed by atoms with Crippen LogP contribution in [0.5, 0.6) is 0 Å². The summed E-state index contributed by atoms with van der Waals surface area (Å²) in [5.74, 6) is 1.25. The summed E-state index contributed by atoms with van der Waals surface area (Å²) in [6.45, 7) is 4.45. The van der Waals surface area contributed by atoms with Gasteiger partial charge in [0.05, 0.1) is 23.5 Å². The topological polar surface area (TPSA) is 43.9 Å². The smallest absolute Gasteiger partial charge is 0.416 e. The minimum Gasteiger partial charge on any atom is -0.444 e. The van der Waals surface area contributed by atoms with Crippen LogP contribution in [-0.2, 0) is 19.1 Å². The van der Waals surface area contributed by atoms with Crippen molar-refractivity contribution in [3.8, 4) is 11.5 Å². The van der Waals surface area contributed by atoms with Gasteiger partial charge < -0.3 is 8.98 Å². The van der Waals surface area contributed by atoms with Crippen LogP contribution in [0, 0.1) is 6.92 Å². The van der Waals surface area contributed by atoms with Gasteiger partial charge in [0.15, 0.2) is 0 Å². The van der Waals surface area contributed by atoms with E-state index in [0.29, 0.717) is 23.7 Å². The van der Waals surface area contributed by atoms with Crippen molar-refractivity contribution in [2.45, 2.75) is 33.0 Å². The highest BCUT2D eigenvalue weighted by Gasteiger charge is 2.30. The first-order valence-electron chi connectivity index (χ1n) is 7.51. The number of hydrogen-bond acceptors (Lipinski definition) is 3. The Kier molecular flexibility index (Phi) is 4.17. The summed E-state index contributed by atoms with van der Waals surface area (Å²) in [5.41, 5.74) is 1.43. The Bertz CT molecular complexity index is 832. The van der Waals surface area contributed by atoms with Gasteiger partial charge in [-0.2, -0.15) is 13.2 Å². The van der Waals surface area contributed by atoms with Crippen LogP contribution >= 0.6 is 0 Å². The molecule has 7 heteroatoms. The zero-order valence-electron chi connectivity index (χ0n) is 13.3. The first-order chi connectivity index (χ1) is 11.4. The second kappa shape index (κ2) is 6.14. The number of halogens is 3. The highest BCUT2D eigenvalue weighted by molar-refractivity contribution is 5.54. The van der Waals surface area contributed by atoms with Crippen LogP contribution in [0.25, 0.3) is 11.5 Å². The minimum atomic E-state index is -4.35. The molecule has 3 rings (SSSR count). The first-order valence-corrected chi connectivity index (χ1v) is 7.51. The zero-order chi connectivity index (χ0) is 17.3. The monoisotopic (exact) mass is 335 g/mol. The summed E-state index contributed by atoms with van der Waals surface area (Å²) in [7, 11) is 0. The van der Waals surface area contributed by atoms with Crippen LogP contribution in [0.4, 0.5) is 13.2 Å². The number of nitrogens with zero attached hydrogens (tertiary/aromatic N) is 3. The first kappa shape index (κ1) is 16.3. The number of aromatic nitrogens is 3. The minimum absolute atomic E-state index is 0.300. The molecule has 0 bridgehead atoms. The van der Waals surface area contributed by atoms with Gasteiger partial charge in [0.1, 0.15) is 12.1 Å². The van der Waals surface area contributed by atoms with Crippen LogP contribution < -0.4 is 0 Å². The molecule has 0 spiro atoms. The molecule has 2 heterocycles. The van der Waals surface area contributed by atoms with Crippen molar-refractivity contribution < 1.29 is 17.6 Å². The lowest BCUT2D eigenvalue weighted by Gasteiger charge is -2.06. The summed E-state index contributed by atoms with van der Waals surface area (Å²) in [6, 6.07) is 4.76. The number of hydrogen-bond donors (Lipinski definition) is 0. The number of benzene rings is 1. The van der Waals surface area contributed by atoms with E-state index in [0.717, 1.165) is 30.1 Å². The molecule has 1 aromatic carbocycles. The van der Waals surface area contributed by atoms with Crippen molar-refractivity contribution in [2.24, 2.45) is 0 Å². The predicted octanol–water partition coefficient (Wildman–Crippen LogP) is 4.48. The van der Waals surface area contributed by atoms with Crippen LogP contribution in [0.2, 0.25) is 0 Å². The van der Waals surface area contributed by atoms with Crippen molar-refractivity contribution in [2.75, 3.05) is 0 Å². The summed E-state index contributed by atoms with van der Waals surface area (Å²) < 4.78 is 45.2. The summed E-state index contributed by atoms with van der Waals surface area (Å²) in [6.07, 6.45) is -0.0966. The van der Waals surface area contributed by atoms with E-state index in [4.69, 9.17) is 4.42 Å².